The Hall–Kier alpha value is -0.700. The van der Waals surface area contributed by atoms with Gasteiger partial charge in [-0.3, -0.25) is 0 Å². The molecular weight excluding hydrogens is 108 g/mol. The van der Waals surface area contributed by atoms with E-state index in [2.05, 4.69) is 0 Å². The SMILES string of the molecule is O=CCC1OC1C=O. The largest absolute Gasteiger partial charge is 0.361 e. The predicted octanol–water partition coefficient (Wildman–Crippen LogP) is -0.458. The molecular formula is C5H6O3. The highest BCUT2D eigenvalue weighted by Gasteiger charge is 2.37. The van der Waals surface area contributed by atoms with Gasteiger partial charge in [-0.15, -0.1) is 0 Å². The molecule has 0 saturated carbocycles. The Morgan fingerprint density at radius 3 is 2.62 bits per heavy atom. The number of rotatable bonds is 3. The van der Waals surface area contributed by atoms with E-state index in [-0.39, 0.29) is 12.2 Å². The van der Waals surface area contributed by atoms with Crippen LogP contribution in [-0.4, -0.2) is 24.8 Å². The third-order valence-corrected chi connectivity index (χ3v) is 1.08. The van der Waals surface area contributed by atoms with Gasteiger partial charge in [0.25, 0.3) is 0 Å². The summed E-state index contributed by atoms with van der Waals surface area (Å²) in [6.45, 7) is 0. The Labute approximate surface area is 46.6 Å². The zero-order valence-electron chi connectivity index (χ0n) is 4.24. The minimum Gasteiger partial charge on any atom is -0.361 e. The van der Waals surface area contributed by atoms with E-state index >= 15 is 0 Å². The molecule has 2 unspecified atom stereocenters. The first kappa shape index (κ1) is 5.44. The van der Waals surface area contributed by atoms with Gasteiger partial charge in [0.1, 0.15) is 12.4 Å². The number of hydrogen-bond donors (Lipinski definition) is 0. The van der Waals surface area contributed by atoms with Crippen LogP contribution in [0.25, 0.3) is 0 Å². The lowest BCUT2D eigenvalue weighted by atomic mass is 10.3. The summed E-state index contributed by atoms with van der Waals surface area (Å²) in [4.78, 5) is 19.5. The Morgan fingerprint density at radius 1 is 1.50 bits per heavy atom. The molecule has 3 nitrogen and oxygen atoms in total. The lowest BCUT2D eigenvalue weighted by Crippen LogP contribution is -1.94. The Balaban J connectivity index is 2.16. The van der Waals surface area contributed by atoms with Crippen LogP contribution in [0, 0.1) is 0 Å². The fourth-order valence-electron chi connectivity index (χ4n) is 0.561. The summed E-state index contributed by atoms with van der Waals surface area (Å²) in [5.41, 5.74) is 0. The van der Waals surface area contributed by atoms with Gasteiger partial charge in [0.2, 0.25) is 0 Å². The minimum absolute atomic E-state index is 0.106. The van der Waals surface area contributed by atoms with E-state index in [9.17, 15) is 9.59 Å². The van der Waals surface area contributed by atoms with Crippen molar-refractivity contribution in [3.05, 3.63) is 0 Å². The van der Waals surface area contributed by atoms with Gasteiger partial charge in [-0.1, -0.05) is 0 Å². The number of ether oxygens (including phenoxy) is 1. The quantitative estimate of drug-likeness (QED) is 0.368. The number of aldehydes is 2. The van der Waals surface area contributed by atoms with E-state index < -0.39 is 0 Å². The predicted molar refractivity (Wildman–Crippen MR) is 25.4 cm³/mol. The molecule has 44 valence electrons. The standard InChI is InChI=1S/C5H6O3/c6-2-1-4-5(3-7)8-4/h2-5H,1H2. The summed E-state index contributed by atoms with van der Waals surface area (Å²) in [6.07, 6.45) is 1.43. The molecule has 0 aromatic heterocycles. The van der Waals surface area contributed by atoms with E-state index in [0.29, 0.717) is 12.7 Å². The van der Waals surface area contributed by atoms with E-state index in [1.807, 2.05) is 0 Å². The minimum atomic E-state index is -0.291. The van der Waals surface area contributed by atoms with Crippen LogP contribution >= 0.6 is 0 Å². The highest BCUT2D eigenvalue weighted by molar-refractivity contribution is 5.63. The monoisotopic (exact) mass is 114 g/mol. The molecule has 1 aliphatic heterocycles. The van der Waals surface area contributed by atoms with Crippen molar-refractivity contribution in [1.29, 1.82) is 0 Å². The highest BCUT2D eigenvalue weighted by Crippen LogP contribution is 2.21. The van der Waals surface area contributed by atoms with Gasteiger partial charge in [-0.2, -0.15) is 0 Å². The molecule has 2 atom stereocenters. The third-order valence-electron chi connectivity index (χ3n) is 1.08. The number of hydrogen-bond acceptors (Lipinski definition) is 3. The highest BCUT2D eigenvalue weighted by atomic mass is 16.6. The lowest BCUT2D eigenvalue weighted by Gasteiger charge is -1.72. The molecule has 0 N–H and O–H groups in total. The van der Waals surface area contributed by atoms with Crippen LogP contribution in [0.4, 0.5) is 0 Å². The van der Waals surface area contributed by atoms with E-state index in [4.69, 9.17) is 4.74 Å². The van der Waals surface area contributed by atoms with Crippen LogP contribution in [0.2, 0.25) is 0 Å². The van der Waals surface area contributed by atoms with Gasteiger partial charge in [-0.25, -0.2) is 0 Å². The molecule has 0 aromatic carbocycles. The Morgan fingerprint density at radius 2 is 2.25 bits per heavy atom. The Kier molecular flexibility index (Phi) is 1.39. The van der Waals surface area contributed by atoms with Gasteiger partial charge in [0.05, 0.1) is 6.10 Å². The molecule has 1 saturated heterocycles. The van der Waals surface area contributed by atoms with Crippen molar-refractivity contribution in [1.82, 2.24) is 0 Å². The molecule has 8 heavy (non-hydrogen) atoms. The van der Waals surface area contributed by atoms with E-state index in [1.165, 1.54) is 0 Å². The van der Waals surface area contributed by atoms with Crippen molar-refractivity contribution in [2.24, 2.45) is 0 Å². The van der Waals surface area contributed by atoms with Crippen LogP contribution in [0.1, 0.15) is 6.42 Å². The normalized spacial score (nSPS) is 34.0. The summed E-state index contributed by atoms with van der Waals surface area (Å²) in [7, 11) is 0. The van der Waals surface area contributed by atoms with Gasteiger partial charge in [-0.05, 0) is 0 Å². The molecule has 1 aliphatic rings. The van der Waals surface area contributed by atoms with Crippen LogP contribution in [-0.2, 0) is 14.3 Å². The molecule has 0 aliphatic carbocycles. The zero-order valence-corrected chi connectivity index (χ0v) is 4.24. The molecule has 3 heteroatoms. The molecule has 0 aromatic rings. The van der Waals surface area contributed by atoms with Gasteiger partial charge in [0.15, 0.2) is 6.29 Å². The number of carbonyl (C=O) groups excluding carboxylic acids is 2. The molecule has 0 amide bonds. The average molecular weight is 114 g/mol. The van der Waals surface area contributed by atoms with Gasteiger partial charge >= 0.3 is 0 Å². The summed E-state index contributed by atoms with van der Waals surface area (Å²) >= 11 is 0. The number of carbonyl (C=O) groups is 2. The maximum atomic E-state index is 9.81. The van der Waals surface area contributed by atoms with Crippen molar-refractivity contribution in [3.63, 3.8) is 0 Å². The maximum Gasteiger partial charge on any atom is 0.151 e. The number of epoxide rings is 1. The van der Waals surface area contributed by atoms with Crippen LogP contribution in [0.15, 0.2) is 0 Å². The lowest BCUT2D eigenvalue weighted by molar-refractivity contribution is -0.108. The van der Waals surface area contributed by atoms with Crippen molar-refractivity contribution in [2.75, 3.05) is 0 Å². The zero-order chi connectivity index (χ0) is 5.98. The molecule has 0 radical (unpaired) electrons. The fourth-order valence-corrected chi connectivity index (χ4v) is 0.561. The topological polar surface area (TPSA) is 46.7 Å². The van der Waals surface area contributed by atoms with Gasteiger partial charge in [0, 0.05) is 6.42 Å². The second kappa shape index (κ2) is 2.05. The summed E-state index contributed by atoms with van der Waals surface area (Å²) in [5.74, 6) is 0. The first-order chi connectivity index (χ1) is 3.88. The van der Waals surface area contributed by atoms with Crippen molar-refractivity contribution < 1.29 is 14.3 Å². The van der Waals surface area contributed by atoms with Crippen molar-refractivity contribution in [2.45, 2.75) is 18.6 Å². The smallest absolute Gasteiger partial charge is 0.151 e. The summed E-state index contributed by atoms with van der Waals surface area (Å²) < 4.78 is 4.71. The van der Waals surface area contributed by atoms with Crippen molar-refractivity contribution >= 4 is 12.6 Å². The molecule has 1 heterocycles. The van der Waals surface area contributed by atoms with Crippen LogP contribution < -0.4 is 0 Å². The fraction of sp³-hybridized carbons (Fsp3) is 0.600. The second-order valence-corrected chi connectivity index (χ2v) is 1.68. The molecule has 1 fully saturated rings. The average Bonchev–Trinajstić information content (AvgIpc) is 2.48. The first-order valence-corrected chi connectivity index (χ1v) is 2.43. The maximum absolute atomic E-state index is 9.81. The van der Waals surface area contributed by atoms with E-state index in [1.54, 1.807) is 0 Å². The third kappa shape index (κ3) is 0.924. The van der Waals surface area contributed by atoms with Gasteiger partial charge < -0.3 is 14.3 Å². The Bertz CT molecular complexity index is 110. The first-order valence-electron chi connectivity index (χ1n) is 2.43. The molecule has 0 bridgehead atoms. The summed E-state index contributed by atoms with van der Waals surface area (Å²) in [5, 5.41) is 0. The van der Waals surface area contributed by atoms with Crippen molar-refractivity contribution in [3.8, 4) is 0 Å². The van der Waals surface area contributed by atoms with Crippen LogP contribution in [0.5, 0.6) is 0 Å². The van der Waals surface area contributed by atoms with Crippen LogP contribution in [0.3, 0.4) is 0 Å². The summed E-state index contributed by atoms with van der Waals surface area (Å²) in [6, 6.07) is 0. The molecule has 0 spiro atoms. The molecule has 1 rings (SSSR count). The van der Waals surface area contributed by atoms with E-state index in [0.717, 1.165) is 6.29 Å². The second-order valence-electron chi connectivity index (χ2n) is 1.68.